The van der Waals surface area contributed by atoms with E-state index in [1.165, 1.54) is 43.4 Å². The molecule has 24 heavy (non-hydrogen) atoms. The van der Waals surface area contributed by atoms with Gasteiger partial charge in [-0.1, -0.05) is 11.4 Å². The van der Waals surface area contributed by atoms with Gasteiger partial charge in [0.1, 0.15) is 11.1 Å². The lowest BCUT2D eigenvalue weighted by molar-refractivity contribution is -0.713. The normalized spacial score (nSPS) is 16.1. The molecule has 0 atom stereocenters. The summed E-state index contributed by atoms with van der Waals surface area (Å²) < 4.78 is 9.91. The molecule has 126 valence electrons. The number of anilines is 1. The topological polar surface area (TPSA) is 60.9 Å². The number of furan rings is 1. The van der Waals surface area contributed by atoms with Crippen LogP contribution in [-0.2, 0) is 6.54 Å². The Hall–Kier alpha value is -2.30. The lowest BCUT2D eigenvalue weighted by Gasteiger charge is -2.21. The minimum Gasteiger partial charge on any atom is -0.467 e. The zero-order chi connectivity index (χ0) is 16.7. The zero-order valence-corrected chi connectivity index (χ0v) is 14.5. The maximum absolute atomic E-state index is 6.59. The summed E-state index contributed by atoms with van der Waals surface area (Å²) in [6, 6.07) is 4.40. The monoisotopic (exact) mass is 325 g/mol. The Morgan fingerprint density at radius 1 is 1.29 bits per heavy atom. The molecule has 0 bridgehead atoms. The molecule has 1 aliphatic carbocycles. The molecule has 0 radical (unpaired) electrons. The number of hydrogen-bond acceptors (Lipinski definition) is 3. The first-order valence-electron chi connectivity index (χ1n) is 8.84. The van der Waals surface area contributed by atoms with Crippen molar-refractivity contribution >= 4 is 16.9 Å². The number of nitrogen functional groups attached to an aromatic ring is 1. The molecule has 0 saturated heterocycles. The summed E-state index contributed by atoms with van der Waals surface area (Å²) in [5.41, 5.74) is 9.95. The van der Waals surface area contributed by atoms with Crippen LogP contribution in [-0.4, -0.2) is 9.55 Å². The van der Waals surface area contributed by atoms with Crippen LogP contribution in [0.2, 0.25) is 0 Å². The van der Waals surface area contributed by atoms with Crippen molar-refractivity contribution in [2.24, 2.45) is 0 Å². The van der Waals surface area contributed by atoms with Gasteiger partial charge < -0.3 is 14.7 Å². The maximum Gasteiger partial charge on any atom is 0.232 e. The summed E-state index contributed by atoms with van der Waals surface area (Å²) in [7, 11) is 0. The molecule has 1 fully saturated rings. The number of nitrogens with zero attached hydrogens (tertiary/aromatic N) is 3. The largest absolute Gasteiger partial charge is 0.467 e. The van der Waals surface area contributed by atoms with Crippen LogP contribution >= 0.6 is 0 Å². The summed E-state index contributed by atoms with van der Waals surface area (Å²) in [6.07, 6.45) is 9.96. The van der Waals surface area contributed by atoms with Gasteiger partial charge in [-0.05, 0) is 57.2 Å². The first-order chi connectivity index (χ1) is 11.7. The van der Waals surface area contributed by atoms with Crippen molar-refractivity contribution in [3.05, 3.63) is 41.7 Å². The number of aryl methyl sites for hydroxylation is 1. The number of aromatic nitrogens is 3. The molecular weight excluding hydrogens is 300 g/mol. The van der Waals surface area contributed by atoms with E-state index in [0.29, 0.717) is 12.6 Å². The Balaban J connectivity index is 1.82. The van der Waals surface area contributed by atoms with Crippen molar-refractivity contribution in [3.8, 4) is 0 Å². The highest BCUT2D eigenvalue weighted by atomic mass is 16.3. The van der Waals surface area contributed by atoms with Crippen molar-refractivity contribution in [1.82, 2.24) is 9.55 Å². The fourth-order valence-corrected chi connectivity index (χ4v) is 4.00. The van der Waals surface area contributed by atoms with Gasteiger partial charge in [0.2, 0.25) is 17.8 Å². The third-order valence-electron chi connectivity index (χ3n) is 5.50. The molecule has 0 amide bonds. The Labute approximate surface area is 142 Å². The Kier molecular flexibility index (Phi) is 3.79. The zero-order valence-electron chi connectivity index (χ0n) is 14.5. The summed E-state index contributed by atoms with van der Waals surface area (Å²) in [5, 5.41) is 1.09. The molecule has 0 spiro atoms. The van der Waals surface area contributed by atoms with E-state index in [0.717, 1.165) is 22.6 Å². The van der Waals surface area contributed by atoms with Gasteiger partial charge in [0.15, 0.2) is 0 Å². The second-order valence-electron chi connectivity index (χ2n) is 6.90. The van der Waals surface area contributed by atoms with E-state index in [1.54, 1.807) is 6.26 Å². The number of nitrogens with two attached hydrogens (primary N) is 1. The molecule has 2 N–H and O–H groups in total. The Bertz CT molecular complexity index is 857. The second-order valence-corrected chi connectivity index (χ2v) is 6.90. The van der Waals surface area contributed by atoms with Gasteiger partial charge in [0.05, 0.1) is 18.8 Å². The highest BCUT2D eigenvalue weighted by Gasteiger charge is 2.26. The van der Waals surface area contributed by atoms with Crippen LogP contribution in [0.5, 0.6) is 0 Å². The molecule has 3 aromatic rings. The van der Waals surface area contributed by atoms with E-state index in [1.807, 2.05) is 18.5 Å². The van der Waals surface area contributed by atoms with E-state index >= 15 is 0 Å². The van der Waals surface area contributed by atoms with E-state index in [9.17, 15) is 0 Å². The first-order valence-corrected chi connectivity index (χ1v) is 8.84. The molecule has 1 saturated carbocycles. The minimum atomic E-state index is 0.490. The van der Waals surface area contributed by atoms with Gasteiger partial charge in [-0.15, -0.1) is 0 Å². The van der Waals surface area contributed by atoms with Crippen LogP contribution < -0.4 is 10.3 Å². The first kappa shape index (κ1) is 15.2. The van der Waals surface area contributed by atoms with Crippen LogP contribution in [0.25, 0.3) is 11.0 Å². The van der Waals surface area contributed by atoms with Crippen molar-refractivity contribution < 1.29 is 8.98 Å². The molecular formula is C19H25N4O+. The summed E-state index contributed by atoms with van der Waals surface area (Å²) in [4.78, 5) is 4.78. The summed E-state index contributed by atoms with van der Waals surface area (Å²) in [5.74, 6) is 1.78. The quantitative estimate of drug-likeness (QED) is 0.747. The SMILES string of the molecule is Cc1c(C)n(Cc2ccco2)c2nc[n+](C3CCCCC3)c(N)c12. The van der Waals surface area contributed by atoms with Crippen molar-refractivity contribution in [1.29, 1.82) is 0 Å². The predicted octanol–water partition coefficient (Wildman–Crippen LogP) is 3.67. The van der Waals surface area contributed by atoms with Crippen molar-refractivity contribution in [2.45, 2.75) is 58.5 Å². The average Bonchev–Trinajstić information content (AvgIpc) is 3.19. The van der Waals surface area contributed by atoms with E-state index in [-0.39, 0.29) is 0 Å². The van der Waals surface area contributed by atoms with Gasteiger partial charge in [-0.3, -0.25) is 0 Å². The predicted molar refractivity (Wildman–Crippen MR) is 93.7 cm³/mol. The Morgan fingerprint density at radius 3 is 2.79 bits per heavy atom. The number of hydrogen-bond donors (Lipinski definition) is 1. The number of fused-ring (bicyclic) bond motifs is 1. The average molecular weight is 325 g/mol. The lowest BCUT2D eigenvalue weighted by atomic mass is 9.95. The van der Waals surface area contributed by atoms with E-state index in [4.69, 9.17) is 15.1 Å². The van der Waals surface area contributed by atoms with Crippen LogP contribution in [0.15, 0.2) is 29.1 Å². The Morgan fingerprint density at radius 2 is 2.08 bits per heavy atom. The van der Waals surface area contributed by atoms with Crippen LogP contribution in [0.1, 0.15) is 55.2 Å². The highest BCUT2D eigenvalue weighted by Crippen LogP contribution is 2.30. The third kappa shape index (κ3) is 2.39. The molecule has 4 rings (SSSR count). The molecule has 3 heterocycles. The fraction of sp³-hybridized carbons (Fsp3) is 0.474. The molecule has 5 heteroatoms. The van der Waals surface area contributed by atoms with Gasteiger partial charge in [0, 0.05) is 5.69 Å². The highest BCUT2D eigenvalue weighted by molar-refractivity contribution is 5.89. The summed E-state index contributed by atoms with van der Waals surface area (Å²) in [6.45, 7) is 4.95. The minimum absolute atomic E-state index is 0.490. The molecule has 0 aliphatic heterocycles. The second kappa shape index (κ2) is 5.96. The van der Waals surface area contributed by atoms with Gasteiger partial charge >= 0.3 is 0 Å². The lowest BCUT2D eigenvalue weighted by Crippen LogP contribution is -2.43. The maximum atomic E-state index is 6.59. The molecule has 5 nitrogen and oxygen atoms in total. The third-order valence-corrected chi connectivity index (χ3v) is 5.50. The molecule has 0 unspecified atom stereocenters. The van der Waals surface area contributed by atoms with Crippen LogP contribution in [0, 0.1) is 13.8 Å². The smallest absolute Gasteiger partial charge is 0.232 e. The van der Waals surface area contributed by atoms with Crippen LogP contribution in [0.3, 0.4) is 0 Å². The molecule has 3 aromatic heterocycles. The number of rotatable bonds is 3. The van der Waals surface area contributed by atoms with Crippen molar-refractivity contribution in [3.63, 3.8) is 0 Å². The van der Waals surface area contributed by atoms with Crippen molar-refractivity contribution in [2.75, 3.05) is 5.73 Å². The fourth-order valence-electron chi connectivity index (χ4n) is 4.00. The molecule has 0 aromatic carbocycles. The van der Waals surface area contributed by atoms with Gasteiger partial charge in [-0.25, -0.2) is 4.57 Å². The van der Waals surface area contributed by atoms with E-state index < -0.39 is 0 Å². The molecule has 1 aliphatic rings. The van der Waals surface area contributed by atoms with Gasteiger partial charge in [-0.2, -0.15) is 0 Å². The van der Waals surface area contributed by atoms with E-state index in [2.05, 4.69) is 23.0 Å². The summed E-state index contributed by atoms with van der Waals surface area (Å²) >= 11 is 0. The standard InChI is InChI=1S/C19H24N4O/c1-13-14(2)22(11-16-9-6-10-24-16)19-17(13)18(20)23(12-21-19)15-7-4-3-5-8-15/h6,9-10,12,15,20H,3-5,7-8,11H2,1-2H3/p+1. The van der Waals surface area contributed by atoms with Gasteiger partial charge in [0.25, 0.3) is 0 Å². The van der Waals surface area contributed by atoms with Crippen LogP contribution in [0.4, 0.5) is 5.82 Å².